The molecule has 2 atom stereocenters. The largest absolute Gasteiger partial charge is 0.392 e. The van der Waals surface area contributed by atoms with E-state index in [4.69, 9.17) is 0 Å². The Balaban J connectivity index is 1.83. The minimum atomic E-state index is -0.152. The lowest BCUT2D eigenvalue weighted by Gasteiger charge is -2.33. The van der Waals surface area contributed by atoms with Crippen molar-refractivity contribution in [3.8, 4) is 0 Å². The number of nitrogens with one attached hydrogen (secondary N) is 1. The van der Waals surface area contributed by atoms with Crippen LogP contribution >= 0.6 is 0 Å². The molecule has 76 valence electrons. The van der Waals surface area contributed by atoms with E-state index >= 15 is 0 Å². The summed E-state index contributed by atoms with van der Waals surface area (Å²) in [6.45, 7) is 2.78. The molecular weight excluding hydrogens is 176 g/mol. The van der Waals surface area contributed by atoms with Gasteiger partial charge in [-0.3, -0.25) is 4.98 Å². The lowest BCUT2D eigenvalue weighted by molar-refractivity contribution is 0.0491. The van der Waals surface area contributed by atoms with Gasteiger partial charge in [0, 0.05) is 18.8 Å². The van der Waals surface area contributed by atoms with Crippen molar-refractivity contribution in [2.75, 3.05) is 0 Å². The lowest BCUT2D eigenvalue weighted by Crippen LogP contribution is -2.47. The number of aliphatic hydroxyl groups excluding tert-OH is 1. The maximum absolute atomic E-state index is 9.35. The summed E-state index contributed by atoms with van der Waals surface area (Å²) in [4.78, 5) is 4.29. The van der Waals surface area contributed by atoms with E-state index < -0.39 is 0 Å². The van der Waals surface area contributed by atoms with Crippen LogP contribution in [0.15, 0.2) is 18.3 Å². The Morgan fingerprint density at radius 3 is 2.86 bits per heavy atom. The van der Waals surface area contributed by atoms with Crippen molar-refractivity contribution < 1.29 is 5.11 Å². The number of pyridine rings is 1. The van der Waals surface area contributed by atoms with E-state index in [0.717, 1.165) is 25.1 Å². The van der Waals surface area contributed by atoms with Crippen molar-refractivity contribution in [2.24, 2.45) is 0 Å². The second-order valence-corrected chi connectivity index (χ2v) is 3.96. The third-order valence-electron chi connectivity index (χ3n) is 2.76. The van der Waals surface area contributed by atoms with Crippen molar-refractivity contribution in [3.05, 3.63) is 29.6 Å². The average Bonchev–Trinajstić information content (AvgIpc) is 2.19. The van der Waals surface area contributed by atoms with Gasteiger partial charge in [-0.2, -0.15) is 0 Å². The van der Waals surface area contributed by atoms with Gasteiger partial charge in [0.15, 0.2) is 0 Å². The first-order valence-electron chi connectivity index (χ1n) is 5.08. The summed E-state index contributed by atoms with van der Waals surface area (Å²) in [5.41, 5.74) is 2.21. The fraction of sp³-hybridized carbons (Fsp3) is 0.545. The number of hydrogen-bond acceptors (Lipinski definition) is 3. The van der Waals surface area contributed by atoms with Crippen LogP contribution in [0.25, 0.3) is 0 Å². The topological polar surface area (TPSA) is 45.1 Å². The first-order valence-corrected chi connectivity index (χ1v) is 5.08. The third kappa shape index (κ3) is 2.11. The summed E-state index contributed by atoms with van der Waals surface area (Å²) in [6.07, 6.45) is 3.72. The van der Waals surface area contributed by atoms with E-state index in [1.54, 1.807) is 0 Å². The summed E-state index contributed by atoms with van der Waals surface area (Å²) in [5, 5.41) is 12.6. The summed E-state index contributed by atoms with van der Waals surface area (Å²) in [5.74, 6) is 0. The molecule has 2 N–H and O–H groups in total. The van der Waals surface area contributed by atoms with Gasteiger partial charge in [0.25, 0.3) is 0 Å². The normalized spacial score (nSPS) is 25.9. The van der Waals surface area contributed by atoms with Crippen LogP contribution in [0, 0.1) is 6.92 Å². The second-order valence-electron chi connectivity index (χ2n) is 3.96. The number of rotatable bonds is 3. The Hall–Kier alpha value is -0.930. The molecule has 0 aliphatic heterocycles. The Morgan fingerprint density at radius 1 is 1.50 bits per heavy atom. The molecule has 1 heterocycles. The minimum absolute atomic E-state index is 0.152. The molecule has 1 saturated carbocycles. The fourth-order valence-electron chi connectivity index (χ4n) is 1.56. The standard InChI is InChI=1S/C11H16N2O/c1-8-2-3-9(12-6-8)7-13-10-4-5-11(10)14/h2-3,6,10-11,13-14H,4-5,7H2,1H3/t10-,11-/m1/s1. The van der Waals surface area contributed by atoms with Gasteiger partial charge in [-0.05, 0) is 31.4 Å². The van der Waals surface area contributed by atoms with E-state index in [9.17, 15) is 5.11 Å². The Morgan fingerprint density at radius 2 is 2.36 bits per heavy atom. The third-order valence-corrected chi connectivity index (χ3v) is 2.76. The van der Waals surface area contributed by atoms with Gasteiger partial charge >= 0.3 is 0 Å². The monoisotopic (exact) mass is 192 g/mol. The van der Waals surface area contributed by atoms with Crippen molar-refractivity contribution >= 4 is 0 Å². The van der Waals surface area contributed by atoms with Gasteiger partial charge in [0.05, 0.1) is 11.8 Å². The zero-order chi connectivity index (χ0) is 9.97. The van der Waals surface area contributed by atoms with E-state index in [2.05, 4.69) is 16.4 Å². The number of aromatic nitrogens is 1. The number of nitrogens with zero attached hydrogens (tertiary/aromatic N) is 1. The quantitative estimate of drug-likeness (QED) is 0.751. The van der Waals surface area contributed by atoms with Gasteiger partial charge in [-0.15, -0.1) is 0 Å². The predicted octanol–water partition coefficient (Wildman–Crippen LogP) is 1.00. The van der Waals surface area contributed by atoms with Gasteiger partial charge in [0.1, 0.15) is 0 Å². The van der Waals surface area contributed by atoms with E-state index in [1.165, 1.54) is 5.56 Å². The van der Waals surface area contributed by atoms with Crippen LogP contribution in [0.1, 0.15) is 24.1 Å². The molecule has 3 heteroatoms. The Kier molecular flexibility index (Phi) is 2.79. The second kappa shape index (κ2) is 4.07. The average molecular weight is 192 g/mol. The van der Waals surface area contributed by atoms with E-state index in [0.29, 0.717) is 0 Å². The minimum Gasteiger partial charge on any atom is -0.392 e. The van der Waals surface area contributed by atoms with Crippen LogP contribution < -0.4 is 5.32 Å². The molecule has 0 amide bonds. The fourth-order valence-corrected chi connectivity index (χ4v) is 1.56. The van der Waals surface area contributed by atoms with Crippen molar-refractivity contribution in [1.29, 1.82) is 0 Å². The zero-order valence-corrected chi connectivity index (χ0v) is 8.40. The molecule has 0 saturated heterocycles. The summed E-state index contributed by atoms with van der Waals surface area (Å²) in [6, 6.07) is 4.35. The number of aliphatic hydroxyl groups is 1. The SMILES string of the molecule is Cc1ccc(CN[C@@H]2CC[C@H]2O)nc1. The lowest BCUT2D eigenvalue weighted by atomic mass is 9.89. The van der Waals surface area contributed by atoms with Crippen LogP contribution in [0.4, 0.5) is 0 Å². The van der Waals surface area contributed by atoms with E-state index in [1.807, 2.05) is 19.2 Å². The van der Waals surface area contributed by atoms with Crippen molar-refractivity contribution in [1.82, 2.24) is 10.3 Å². The number of hydrogen-bond donors (Lipinski definition) is 2. The molecule has 0 unspecified atom stereocenters. The predicted molar refractivity (Wildman–Crippen MR) is 54.8 cm³/mol. The molecule has 2 rings (SSSR count). The van der Waals surface area contributed by atoms with Crippen molar-refractivity contribution in [2.45, 2.75) is 38.5 Å². The molecule has 0 radical (unpaired) electrons. The maximum atomic E-state index is 9.35. The number of aryl methyl sites for hydroxylation is 1. The maximum Gasteiger partial charge on any atom is 0.0693 e. The molecule has 0 aromatic carbocycles. The summed E-state index contributed by atoms with van der Waals surface area (Å²) < 4.78 is 0. The smallest absolute Gasteiger partial charge is 0.0693 e. The van der Waals surface area contributed by atoms with Crippen LogP contribution in [-0.4, -0.2) is 22.2 Å². The van der Waals surface area contributed by atoms with E-state index in [-0.39, 0.29) is 12.1 Å². The van der Waals surface area contributed by atoms with Crippen LogP contribution in [0.2, 0.25) is 0 Å². The molecule has 1 aliphatic rings. The molecule has 0 spiro atoms. The molecular formula is C11H16N2O. The molecule has 1 fully saturated rings. The van der Waals surface area contributed by atoms with Gasteiger partial charge < -0.3 is 10.4 Å². The zero-order valence-electron chi connectivity index (χ0n) is 8.40. The van der Waals surface area contributed by atoms with Crippen molar-refractivity contribution in [3.63, 3.8) is 0 Å². The van der Waals surface area contributed by atoms with Gasteiger partial charge in [-0.25, -0.2) is 0 Å². The van der Waals surface area contributed by atoms with Gasteiger partial charge in [-0.1, -0.05) is 6.07 Å². The molecule has 1 aromatic rings. The summed E-state index contributed by atoms with van der Waals surface area (Å²) >= 11 is 0. The van der Waals surface area contributed by atoms with Crippen LogP contribution in [-0.2, 0) is 6.54 Å². The van der Waals surface area contributed by atoms with Gasteiger partial charge in [0.2, 0.25) is 0 Å². The molecule has 1 aliphatic carbocycles. The highest BCUT2D eigenvalue weighted by atomic mass is 16.3. The Labute approximate surface area is 84.2 Å². The highest BCUT2D eigenvalue weighted by Crippen LogP contribution is 2.19. The Bertz CT molecular complexity index is 297. The van der Waals surface area contributed by atoms with Crippen LogP contribution in [0.3, 0.4) is 0 Å². The summed E-state index contributed by atoms with van der Waals surface area (Å²) in [7, 11) is 0. The molecule has 14 heavy (non-hydrogen) atoms. The highest BCUT2D eigenvalue weighted by molar-refractivity contribution is 5.12. The first-order chi connectivity index (χ1) is 6.75. The molecule has 3 nitrogen and oxygen atoms in total. The molecule has 1 aromatic heterocycles. The molecule has 0 bridgehead atoms. The first kappa shape index (κ1) is 9.62. The highest BCUT2D eigenvalue weighted by Gasteiger charge is 2.27. The van der Waals surface area contributed by atoms with Crippen LogP contribution in [0.5, 0.6) is 0 Å².